The van der Waals surface area contributed by atoms with Gasteiger partial charge in [-0.25, -0.2) is 4.98 Å². The van der Waals surface area contributed by atoms with Crippen LogP contribution in [0.1, 0.15) is 13.8 Å². The van der Waals surface area contributed by atoms with Gasteiger partial charge in [0.1, 0.15) is 0 Å². The molecule has 0 radical (unpaired) electrons. The molecule has 0 fully saturated rings. The van der Waals surface area contributed by atoms with E-state index in [0.29, 0.717) is 5.76 Å². The van der Waals surface area contributed by atoms with Gasteiger partial charge in [0.15, 0.2) is 12.2 Å². The van der Waals surface area contributed by atoms with Crippen LogP contribution >= 0.6 is 0 Å². The summed E-state index contributed by atoms with van der Waals surface area (Å²) in [4.78, 5) is 15.9. The van der Waals surface area contributed by atoms with Gasteiger partial charge in [0, 0.05) is 11.3 Å². The highest BCUT2D eigenvalue weighted by Crippen LogP contribution is 2.22. The minimum Gasteiger partial charge on any atom is -0.444 e. The van der Waals surface area contributed by atoms with E-state index in [0.717, 1.165) is 11.3 Å². The Morgan fingerprint density at radius 2 is 2.16 bits per heavy atom. The van der Waals surface area contributed by atoms with E-state index in [-0.39, 0.29) is 5.91 Å². The lowest BCUT2D eigenvalue weighted by molar-refractivity contribution is -0.121. The van der Waals surface area contributed by atoms with E-state index in [1.54, 1.807) is 13.2 Å². The molecule has 1 aromatic heterocycles. The van der Waals surface area contributed by atoms with Crippen LogP contribution < -0.4 is 10.6 Å². The standard InChI is InChI=1S/C14H17N3O2/c1-14(2,15-3)13(18)17-11-6-4-5-10(7-11)12-8-16-9-19-12/h4-9,15H,1-3H3,(H,17,18). The van der Waals surface area contributed by atoms with Crippen molar-refractivity contribution in [2.75, 3.05) is 12.4 Å². The van der Waals surface area contributed by atoms with Gasteiger partial charge >= 0.3 is 0 Å². The molecule has 0 saturated heterocycles. The number of carbonyl (C=O) groups excluding carboxylic acids is 1. The zero-order valence-corrected chi connectivity index (χ0v) is 11.2. The lowest BCUT2D eigenvalue weighted by Gasteiger charge is -2.22. The quantitative estimate of drug-likeness (QED) is 0.884. The smallest absolute Gasteiger partial charge is 0.244 e. The number of likely N-dealkylation sites (N-methyl/N-ethyl adjacent to an activating group) is 1. The first kappa shape index (κ1) is 13.3. The van der Waals surface area contributed by atoms with Crippen LogP contribution in [-0.2, 0) is 4.79 Å². The average Bonchev–Trinajstić information content (AvgIpc) is 2.93. The Balaban J connectivity index is 2.19. The van der Waals surface area contributed by atoms with E-state index in [4.69, 9.17) is 4.42 Å². The third kappa shape index (κ3) is 3.00. The van der Waals surface area contributed by atoms with Gasteiger partial charge < -0.3 is 15.1 Å². The average molecular weight is 259 g/mol. The molecule has 0 atom stereocenters. The van der Waals surface area contributed by atoms with Gasteiger partial charge in [-0.1, -0.05) is 12.1 Å². The second-order valence-corrected chi connectivity index (χ2v) is 4.78. The van der Waals surface area contributed by atoms with E-state index in [9.17, 15) is 4.79 Å². The first-order valence-electron chi connectivity index (χ1n) is 6.02. The second-order valence-electron chi connectivity index (χ2n) is 4.78. The molecule has 0 unspecified atom stereocenters. The number of anilines is 1. The van der Waals surface area contributed by atoms with Crippen LogP contribution in [0.4, 0.5) is 5.69 Å². The minimum absolute atomic E-state index is 0.0929. The topological polar surface area (TPSA) is 67.2 Å². The van der Waals surface area contributed by atoms with E-state index in [2.05, 4.69) is 15.6 Å². The molecule has 19 heavy (non-hydrogen) atoms. The van der Waals surface area contributed by atoms with Gasteiger partial charge in [0.2, 0.25) is 5.91 Å². The van der Waals surface area contributed by atoms with Gasteiger partial charge in [0.05, 0.1) is 11.7 Å². The highest BCUT2D eigenvalue weighted by molar-refractivity contribution is 5.97. The second kappa shape index (κ2) is 5.24. The molecule has 0 aliphatic heterocycles. The summed E-state index contributed by atoms with van der Waals surface area (Å²) in [5.41, 5.74) is 0.974. The first-order chi connectivity index (χ1) is 9.03. The molecule has 0 aliphatic rings. The number of nitrogens with one attached hydrogen (secondary N) is 2. The third-order valence-electron chi connectivity index (χ3n) is 3.03. The normalized spacial score (nSPS) is 11.3. The monoisotopic (exact) mass is 259 g/mol. The fourth-order valence-electron chi connectivity index (χ4n) is 1.51. The van der Waals surface area contributed by atoms with Gasteiger partial charge in [0.25, 0.3) is 0 Å². The number of carbonyl (C=O) groups is 1. The largest absolute Gasteiger partial charge is 0.444 e. The zero-order valence-electron chi connectivity index (χ0n) is 11.2. The number of hydrogen-bond donors (Lipinski definition) is 2. The predicted octanol–water partition coefficient (Wildman–Crippen LogP) is 2.28. The van der Waals surface area contributed by atoms with Crippen molar-refractivity contribution in [3.8, 4) is 11.3 Å². The molecule has 0 aliphatic carbocycles. The Bertz CT molecular complexity index is 562. The summed E-state index contributed by atoms with van der Waals surface area (Å²) in [5, 5.41) is 5.83. The summed E-state index contributed by atoms with van der Waals surface area (Å²) in [5.74, 6) is 0.577. The van der Waals surface area contributed by atoms with Gasteiger partial charge in [-0.05, 0) is 33.0 Å². The molecule has 100 valence electrons. The van der Waals surface area contributed by atoms with Gasteiger partial charge in [-0.2, -0.15) is 0 Å². The fourth-order valence-corrected chi connectivity index (χ4v) is 1.51. The van der Waals surface area contributed by atoms with Crippen molar-refractivity contribution in [3.63, 3.8) is 0 Å². The number of aromatic nitrogens is 1. The molecular formula is C14H17N3O2. The van der Waals surface area contributed by atoms with Crippen molar-refractivity contribution < 1.29 is 9.21 Å². The molecule has 2 aromatic rings. The lowest BCUT2D eigenvalue weighted by atomic mass is 10.0. The van der Waals surface area contributed by atoms with Crippen LogP contribution in [0.3, 0.4) is 0 Å². The van der Waals surface area contributed by atoms with Crippen molar-refractivity contribution in [1.29, 1.82) is 0 Å². The molecule has 5 nitrogen and oxygen atoms in total. The number of benzene rings is 1. The van der Waals surface area contributed by atoms with E-state index in [1.807, 2.05) is 38.1 Å². The molecule has 1 aromatic carbocycles. The van der Waals surface area contributed by atoms with Crippen LogP contribution in [0.2, 0.25) is 0 Å². The molecular weight excluding hydrogens is 242 g/mol. The number of nitrogens with zero attached hydrogens (tertiary/aromatic N) is 1. The summed E-state index contributed by atoms with van der Waals surface area (Å²) in [6, 6.07) is 7.45. The summed E-state index contributed by atoms with van der Waals surface area (Å²) in [7, 11) is 1.75. The third-order valence-corrected chi connectivity index (χ3v) is 3.03. The van der Waals surface area contributed by atoms with Crippen molar-refractivity contribution in [2.45, 2.75) is 19.4 Å². The molecule has 0 spiro atoms. The number of amides is 1. The Hall–Kier alpha value is -2.14. The number of hydrogen-bond acceptors (Lipinski definition) is 4. The molecule has 0 bridgehead atoms. The Labute approximate surface area is 112 Å². The number of oxazole rings is 1. The van der Waals surface area contributed by atoms with E-state index in [1.165, 1.54) is 6.39 Å². The molecule has 5 heteroatoms. The number of rotatable bonds is 4. The Kier molecular flexibility index (Phi) is 3.66. The Morgan fingerprint density at radius 1 is 1.37 bits per heavy atom. The summed E-state index contributed by atoms with van der Waals surface area (Å²) < 4.78 is 5.23. The van der Waals surface area contributed by atoms with Crippen LogP contribution in [0.15, 0.2) is 41.3 Å². The van der Waals surface area contributed by atoms with Gasteiger partial charge in [-0.15, -0.1) is 0 Å². The predicted molar refractivity (Wildman–Crippen MR) is 73.7 cm³/mol. The summed E-state index contributed by atoms with van der Waals surface area (Å²) in [6.45, 7) is 3.64. The van der Waals surface area contributed by atoms with Crippen LogP contribution in [0.25, 0.3) is 11.3 Å². The van der Waals surface area contributed by atoms with E-state index >= 15 is 0 Å². The Morgan fingerprint density at radius 3 is 2.79 bits per heavy atom. The highest BCUT2D eigenvalue weighted by Gasteiger charge is 2.25. The first-order valence-corrected chi connectivity index (χ1v) is 6.02. The summed E-state index contributed by atoms with van der Waals surface area (Å²) in [6.07, 6.45) is 3.02. The van der Waals surface area contributed by atoms with Crippen LogP contribution in [0.5, 0.6) is 0 Å². The van der Waals surface area contributed by atoms with Crippen molar-refractivity contribution in [2.24, 2.45) is 0 Å². The molecule has 1 heterocycles. The van der Waals surface area contributed by atoms with Gasteiger partial charge in [-0.3, -0.25) is 4.79 Å². The SMILES string of the molecule is CNC(C)(C)C(=O)Nc1cccc(-c2cnco2)c1. The van der Waals surface area contributed by atoms with Crippen molar-refractivity contribution >= 4 is 11.6 Å². The van der Waals surface area contributed by atoms with Crippen molar-refractivity contribution in [3.05, 3.63) is 36.9 Å². The molecule has 0 saturated carbocycles. The molecule has 1 amide bonds. The van der Waals surface area contributed by atoms with Crippen LogP contribution in [0, 0.1) is 0 Å². The summed E-state index contributed by atoms with van der Waals surface area (Å²) >= 11 is 0. The minimum atomic E-state index is -0.623. The zero-order chi connectivity index (χ0) is 13.9. The lowest BCUT2D eigenvalue weighted by Crippen LogP contribution is -2.47. The highest BCUT2D eigenvalue weighted by atomic mass is 16.3. The maximum Gasteiger partial charge on any atom is 0.244 e. The maximum atomic E-state index is 12.1. The van der Waals surface area contributed by atoms with Crippen LogP contribution in [-0.4, -0.2) is 23.5 Å². The molecule has 2 N–H and O–H groups in total. The van der Waals surface area contributed by atoms with Crippen molar-refractivity contribution in [1.82, 2.24) is 10.3 Å². The fraction of sp³-hybridized carbons (Fsp3) is 0.286. The maximum absolute atomic E-state index is 12.1. The van der Waals surface area contributed by atoms with E-state index < -0.39 is 5.54 Å². The molecule has 2 rings (SSSR count).